The Balaban J connectivity index is 2.09. The summed E-state index contributed by atoms with van der Waals surface area (Å²) in [4.78, 5) is 4.70. The maximum atomic E-state index is 4.70. The van der Waals surface area contributed by atoms with Crippen LogP contribution in [0.3, 0.4) is 0 Å². The van der Waals surface area contributed by atoms with Crippen molar-refractivity contribution in [2.45, 2.75) is 6.92 Å². The van der Waals surface area contributed by atoms with E-state index in [1.165, 1.54) is 33.2 Å². The average molecular weight is 295 g/mol. The Kier molecular flexibility index (Phi) is 3.39. The molecule has 1 nitrogen and oxygen atoms in total. The number of hydrogen-bond donors (Lipinski definition) is 0. The van der Waals surface area contributed by atoms with Gasteiger partial charge in [-0.3, -0.25) is 4.98 Å². The van der Waals surface area contributed by atoms with Gasteiger partial charge < -0.3 is 0 Å². The van der Waals surface area contributed by atoms with Crippen molar-refractivity contribution >= 4 is 10.9 Å². The minimum absolute atomic E-state index is 1.04. The van der Waals surface area contributed by atoms with Gasteiger partial charge >= 0.3 is 0 Å². The van der Waals surface area contributed by atoms with Crippen LogP contribution in [0.4, 0.5) is 0 Å². The highest BCUT2D eigenvalue weighted by molar-refractivity contribution is 6.02. The van der Waals surface area contributed by atoms with Crippen LogP contribution >= 0.6 is 0 Å². The smallest absolute Gasteiger partial charge is 0.0711 e. The summed E-state index contributed by atoms with van der Waals surface area (Å²) in [5, 5.41) is 1.20. The van der Waals surface area contributed by atoms with Crippen LogP contribution in [-0.2, 0) is 0 Å². The van der Waals surface area contributed by atoms with Crippen LogP contribution in [0.1, 0.15) is 5.56 Å². The van der Waals surface area contributed by atoms with Gasteiger partial charge in [0.25, 0.3) is 0 Å². The van der Waals surface area contributed by atoms with Crippen molar-refractivity contribution in [2.75, 3.05) is 0 Å². The van der Waals surface area contributed by atoms with E-state index < -0.39 is 0 Å². The third kappa shape index (κ3) is 2.51. The molecule has 0 fully saturated rings. The molecule has 1 heteroatoms. The number of hydrogen-bond acceptors (Lipinski definition) is 1. The molecule has 1 heterocycles. The predicted octanol–water partition coefficient (Wildman–Crippen LogP) is 5.88. The molecule has 0 aliphatic heterocycles. The summed E-state index contributed by atoms with van der Waals surface area (Å²) in [6.07, 6.45) is 2.00. The Bertz CT molecular complexity index is 957. The lowest BCUT2D eigenvalue weighted by Crippen LogP contribution is -1.91. The molecule has 23 heavy (non-hydrogen) atoms. The normalized spacial score (nSPS) is 10.8. The van der Waals surface area contributed by atoms with E-state index in [1.54, 1.807) is 0 Å². The molecule has 0 amide bonds. The molecule has 3 aromatic carbocycles. The maximum Gasteiger partial charge on any atom is 0.0711 e. The number of aromatic nitrogens is 1. The van der Waals surface area contributed by atoms with E-state index in [0.717, 1.165) is 5.52 Å². The lowest BCUT2D eigenvalue weighted by atomic mass is 9.92. The molecule has 0 bridgehead atoms. The minimum atomic E-state index is 1.04. The summed E-state index contributed by atoms with van der Waals surface area (Å²) in [5.74, 6) is 0. The van der Waals surface area contributed by atoms with E-state index in [2.05, 4.69) is 79.7 Å². The fourth-order valence-electron chi connectivity index (χ4n) is 3.06. The molecule has 0 aliphatic rings. The molecule has 110 valence electrons. The second kappa shape index (κ2) is 5.69. The van der Waals surface area contributed by atoms with E-state index >= 15 is 0 Å². The quantitative estimate of drug-likeness (QED) is 0.450. The van der Waals surface area contributed by atoms with Crippen molar-refractivity contribution in [3.63, 3.8) is 0 Å². The highest BCUT2D eigenvalue weighted by Crippen LogP contribution is 2.37. The van der Waals surface area contributed by atoms with Gasteiger partial charge in [0.05, 0.1) is 5.52 Å². The molecule has 4 rings (SSSR count). The van der Waals surface area contributed by atoms with E-state index in [-0.39, 0.29) is 0 Å². The third-order valence-electron chi connectivity index (χ3n) is 4.17. The second-order valence-corrected chi connectivity index (χ2v) is 5.80. The van der Waals surface area contributed by atoms with Crippen LogP contribution in [-0.4, -0.2) is 4.98 Å². The van der Waals surface area contributed by atoms with Gasteiger partial charge in [0.2, 0.25) is 0 Å². The maximum absolute atomic E-state index is 4.70. The zero-order valence-corrected chi connectivity index (χ0v) is 13.0. The van der Waals surface area contributed by atoms with Crippen LogP contribution in [0.25, 0.3) is 33.2 Å². The Morgan fingerprint density at radius 3 is 2.04 bits per heavy atom. The summed E-state index contributed by atoms with van der Waals surface area (Å²) in [5.41, 5.74) is 7.12. The van der Waals surface area contributed by atoms with Crippen molar-refractivity contribution in [3.8, 4) is 22.3 Å². The monoisotopic (exact) mass is 295 g/mol. The number of fused-ring (bicyclic) bond motifs is 1. The molecule has 4 aromatic rings. The SMILES string of the molecule is Cc1ccc2c(-c3ccccc3)c(-c3ccccc3)cnc2c1. The summed E-state index contributed by atoms with van der Waals surface area (Å²) in [6.45, 7) is 2.11. The zero-order chi connectivity index (χ0) is 15.6. The van der Waals surface area contributed by atoms with E-state index in [9.17, 15) is 0 Å². The number of benzene rings is 3. The fraction of sp³-hybridized carbons (Fsp3) is 0.0455. The highest BCUT2D eigenvalue weighted by Gasteiger charge is 2.12. The van der Waals surface area contributed by atoms with Crippen molar-refractivity contribution in [1.29, 1.82) is 0 Å². The standard InChI is InChI=1S/C22H17N/c1-16-12-13-19-21(14-16)23-15-20(17-8-4-2-5-9-17)22(19)18-10-6-3-7-11-18/h2-15H,1H3. The van der Waals surface area contributed by atoms with E-state index in [0.29, 0.717) is 0 Å². The first-order valence-corrected chi connectivity index (χ1v) is 7.83. The van der Waals surface area contributed by atoms with E-state index in [4.69, 9.17) is 4.98 Å². The average Bonchev–Trinajstić information content (AvgIpc) is 2.62. The van der Waals surface area contributed by atoms with Crippen LogP contribution < -0.4 is 0 Å². The molecule has 0 aliphatic carbocycles. The van der Waals surface area contributed by atoms with Crippen molar-refractivity contribution in [1.82, 2.24) is 4.98 Å². The molecule has 0 spiro atoms. The molecular weight excluding hydrogens is 278 g/mol. The zero-order valence-electron chi connectivity index (χ0n) is 13.0. The Morgan fingerprint density at radius 2 is 1.35 bits per heavy atom. The third-order valence-corrected chi connectivity index (χ3v) is 4.17. The van der Waals surface area contributed by atoms with Gasteiger partial charge in [-0.05, 0) is 29.7 Å². The Labute approximate surface area is 136 Å². The molecule has 0 N–H and O–H groups in total. The Morgan fingerprint density at radius 1 is 0.696 bits per heavy atom. The molecule has 0 radical (unpaired) electrons. The van der Waals surface area contributed by atoms with Crippen LogP contribution in [0.15, 0.2) is 85.1 Å². The van der Waals surface area contributed by atoms with Gasteiger partial charge in [0, 0.05) is 22.7 Å². The minimum Gasteiger partial charge on any atom is -0.256 e. The number of nitrogens with zero attached hydrogens (tertiary/aromatic N) is 1. The molecule has 1 aromatic heterocycles. The van der Waals surface area contributed by atoms with Gasteiger partial charge in [0.1, 0.15) is 0 Å². The first kappa shape index (κ1) is 13.7. The highest BCUT2D eigenvalue weighted by atomic mass is 14.7. The largest absolute Gasteiger partial charge is 0.256 e. The number of aryl methyl sites for hydroxylation is 1. The predicted molar refractivity (Wildman–Crippen MR) is 97.4 cm³/mol. The van der Waals surface area contributed by atoms with Crippen LogP contribution in [0.2, 0.25) is 0 Å². The van der Waals surface area contributed by atoms with Gasteiger partial charge in [-0.2, -0.15) is 0 Å². The molecule has 0 saturated heterocycles. The van der Waals surface area contributed by atoms with Crippen molar-refractivity contribution < 1.29 is 0 Å². The molecule has 0 atom stereocenters. The second-order valence-electron chi connectivity index (χ2n) is 5.80. The van der Waals surface area contributed by atoms with Crippen molar-refractivity contribution in [3.05, 3.63) is 90.6 Å². The van der Waals surface area contributed by atoms with E-state index in [1.807, 2.05) is 12.3 Å². The summed E-state index contributed by atoms with van der Waals surface area (Å²) in [6, 6.07) is 27.5. The number of pyridine rings is 1. The van der Waals surface area contributed by atoms with Crippen molar-refractivity contribution in [2.24, 2.45) is 0 Å². The topological polar surface area (TPSA) is 12.9 Å². The summed E-state index contributed by atoms with van der Waals surface area (Å²) in [7, 11) is 0. The van der Waals surface area contributed by atoms with Gasteiger partial charge in [0.15, 0.2) is 0 Å². The fourth-order valence-corrected chi connectivity index (χ4v) is 3.06. The van der Waals surface area contributed by atoms with Gasteiger partial charge in [-0.1, -0.05) is 72.8 Å². The lowest BCUT2D eigenvalue weighted by molar-refractivity contribution is 1.38. The van der Waals surface area contributed by atoms with Gasteiger partial charge in [-0.15, -0.1) is 0 Å². The first-order chi connectivity index (χ1) is 11.3. The van der Waals surface area contributed by atoms with Gasteiger partial charge in [-0.25, -0.2) is 0 Å². The first-order valence-electron chi connectivity index (χ1n) is 7.83. The molecule has 0 unspecified atom stereocenters. The van der Waals surface area contributed by atoms with Crippen LogP contribution in [0, 0.1) is 6.92 Å². The number of rotatable bonds is 2. The molecular formula is C22H17N. The summed E-state index contributed by atoms with van der Waals surface area (Å²) >= 11 is 0. The van der Waals surface area contributed by atoms with Crippen LogP contribution in [0.5, 0.6) is 0 Å². The molecule has 0 saturated carbocycles. The Hall–Kier alpha value is -2.93. The summed E-state index contributed by atoms with van der Waals surface area (Å²) < 4.78 is 0. The lowest BCUT2D eigenvalue weighted by Gasteiger charge is -2.13.